The Balaban J connectivity index is 1.43. The number of tetrazole rings is 1. The van der Waals surface area contributed by atoms with Gasteiger partial charge in [0.1, 0.15) is 23.5 Å². The standard InChI is InChI=1S/C22H11F4N5O2S2/c23-19-15(5-2-6-16(19)30-11-27-28-29-30)17-8-7-14(33-17)10-18-20(32)31(21(34)35-18)13-4-1-3-12(9-13)22(24,25)26/h1-11H/b18-10+. The average Bonchev–Trinajstić information content (AvgIpc) is 3.56. The van der Waals surface area contributed by atoms with Gasteiger partial charge in [0, 0.05) is 6.08 Å². The van der Waals surface area contributed by atoms with Gasteiger partial charge in [0.2, 0.25) is 0 Å². The smallest absolute Gasteiger partial charge is 0.416 e. The van der Waals surface area contributed by atoms with E-state index in [0.717, 1.165) is 28.8 Å². The van der Waals surface area contributed by atoms with E-state index in [1.807, 2.05) is 0 Å². The zero-order valence-corrected chi connectivity index (χ0v) is 18.9. The monoisotopic (exact) mass is 517 g/mol. The minimum atomic E-state index is -4.56. The molecule has 1 amide bonds. The number of benzene rings is 2. The molecular formula is C22H11F4N5O2S2. The van der Waals surface area contributed by atoms with Crippen molar-refractivity contribution < 1.29 is 26.8 Å². The first-order chi connectivity index (χ1) is 16.7. The van der Waals surface area contributed by atoms with Gasteiger partial charge < -0.3 is 4.42 Å². The Hall–Kier alpha value is -3.84. The maximum Gasteiger partial charge on any atom is 0.416 e. The fourth-order valence-electron chi connectivity index (χ4n) is 3.37. The molecule has 1 aliphatic rings. The topological polar surface area (TPSA) is 77.0 Å². The van der Waals surface area contributed by atoms with Gasteiger partial charge in [-0.3, -0.25) is 9.69 Å². The summed E-state index contributed by atoms with van der Waals surface area (Å²) < 4.78 is 61.3. The molecule has 0 aliphatic carbocycles. The van der Waals surface area contributed by atoms with Crippen molar-refractivity contribution in [2.75, 3.05) is 4.90 Å². The first-order valence-corrected chi connectivity index (χ1v) is 11.0. The maximum atomic E-state index is 15.1. The summed E-state index contributed by atoms with van der Waals surface area (Å²) in [6.07, 6.45) is -1.91. The lowest BCUT2D eigenvalue weighted by atomic mass is 10.1. The maximum absolute atomic E-state index is 15.1. The Morgan fingerprint density at radius 3 is 2.63 bits per heavy atom. The third-order valence-electron chi connectivity index (χ3n) is 4.97. The zero-order chi connectivity index (χ0) is 24.7. The second-order valence-corrected chi connectivity index (χ2v) is 8.84. The van der Waals surface area contributed by atoms with Gasteiger partial charge in [0.05, 0.1) is 21.7 Å². The van der Waals surface area contributed by atoms with E-state index in [4.69, 9.17) is 16.6 Å². The van der Waals surface area contributed by atoms with Crippen LogP contribution >= 0.6 is 24.0 Å². The van der Waals surface area contributed by atoms with Crippen LogP contribution in [0.3, 0.4) is 0 Å². The molecule has 0 spiro atoms. The number of nitrogens with zero attached hydrogens (tertiary/aromatic N) is 5. The van der Waals surface area contributed by atoms with Crippen LogP contribution in [-0.2, 0) is 11.0 Å². The van der Waals surface area contributed by atoms with Crippen molar-refractivity contribution in [3.8, 4) is 17.0 Å². The van der Waals surface area contributed by atoms with Gasteiger partial charge in [-0.25, -0.2) is 4.39 Å². The molecule has 0 unspecified atom stereocenters. The zero-order valence-electron chi connectivity index (χ0n) is 17.2. The summed E-state index contributed by atoms with van der Waals surface area (Å²) in [6, 6.07) is 12.0. The van der Waals surface area contributed by atoms with Crippen molar-refractivity contribution in [1.29, 1.82) is 0 Å². The number of amides is 1. The fourth-order valence-corrected chi connectivity index (χ4v) is 4.65. The highest BCUT2D eigenvalue weighted by Gasteiger charge is 2.36. The summed E-state index contributed by atoms with van der Waals surface area (Å²) in [5.74, 6) is -0.783. The number of hydrogen-bond donors (Lipinski definition) is 0. The number of furan rings is 1. The summed E-state index contributed by atoms with van der Waals surface area (Å²) >= 11 is 6.15. The van der Waals surface area contributed by atoms with Gasteiger partial charge in [0.15, 0.2) is 10.1 Å². The number of carbonyl (C=O) groups excluding carboxylic acids is 1. The van der Waals surface area contributed by atoms with Crippen molar-refractivity contribution in [3.05, 3.63) is 83.0 Å². The molecular weight excluding hydrogens is 506 g/mol. The average molecular weight is 517 g/mol. The predicted molar refractivity (Wildman–Crippen MR) is 124 cm³/mol. The number of hydrogen-bond acceptors (Lipinski definition) is 7. The summed E-state index contributed by atoms with van der Waals surface area (Å²) in [5, 5.41) is 10.7. The van der Waals surface area contributed by atoms with Crippen LogP contribution in [0.25, 0.3) is 23.1 Å². The Morgan fingerprint density at radius 1 is 1.09 bits per heavy atom. The minimum absolute atomic E-state index is 0.00680. The molecule has 0 N–H and O–H groups in total. The molecule has 0 radical (unpaired) electrons. The van der Waals surface area contributed by atoms with E-state index in [1.165, 1.54) is 53.5 Å². The van der Waals surface area contributed by atoms with E-state index < -0.39 is 23.5 Å². The summed E-state index contributed by atoms with van der Waals surface area (Å²) in [5.41, 5.74) is -0.622. The van der Waals surface area contributed by atoms with Crippen LogP contribution < -0.4 is 4.90 Å². The summed E-state index contributed by atoms with van der Waals surface area (Å²) in [6.45, 7) is 0. The number of thioether (sulfide) groups is 1. The number of alkyl halides is 3. The second-order valence-electron chi connectivity index (χ2n) is 7.16. The predicted octanol–water partition coefficient (Wildman–Crippen LogP) is 5.49. The number of halogens is 4. The van der Waals surface area contributed by atoms with Crippen LogP contribution in [0, 0.1) is 5.82 Å². The molecule has 3 heterocycles. The third-order valence-corrected chi connectivity index (χ3v) is 6.27. The Bertz CT molecular complexity index is 1480. The van der Waals surface area contributed by atoms with Crippen LogP contribution in [0.2, 0.25) is 0 Å². The van der Waals surface area contributed by atoms with Crippen molar-refractivity contribution in [2.24, 2.45) is 0 Å². The Morgan fingerprint density at radius 2 is 1.89 bits per heavy atom. The van der Waals surface area contributed by atoms with Gasteiger partial charge in [-0.05, 0) is 52.9 Å². The molecule has 1 aliphatic heterocycles. The molecule has 0 saturated carbocycles. The quantitative estimate of drug-likeness (QED) is 0.201. The molecule has 35 heavy (non-hydrogen) atoms. The first-order valence-electron chi connectivity index (χ1n) is 9.79. The van der Waals surface area contributed by atoms with Crippen LogP contribution in [-0.4, -0.2) is 30.4 Å². The number of carbonyl (C=O) groups is 1. The van der Waals surface area contributed by atoms with E-state index in [-0.39, 0.29) is 37.7 Å². The molecule has 13 heteroatoms. The molecule has 1 saturated heterocycles. The molecule has 2 aromatic carbocycles. The highest BCUT2D eigenvalue weighted by Crippen LogP contribution is 2.39. The van der Waals surface area contributed by atoms with Crippen molar-refractivity contribution in [2.45, 2.75) is 6.18 Å². The molecule has 176 valence electrons. The second kappa shape index (κ2) is 8.74. The van der Waals surface area contributed by atoms with E-state index in [1.54, 1.807) is 6.07 Å². The van der Waals surface area contributed by atoms with Crippen LogP contribution in [0.15, 0.2) is 70.2 Å². The number of thiocarbonyl (C=S) groups is 1. The largest absolute Gasteiger partial charge is 0.457 e. The van der Waals surface area contributed by atoms with Crippen molar-refractivity contribution >= 4 is 46.0 Å². The SMILES string of the molecule is O=C1/C(=C\c2ccc(-c3cccc(-n4cnnn4)c3F)o2)SC(=S)N1c1cccc(C(F)(F)F)c1. The third kappa shape index (κ3) is 4.35. The first kappa shape index (κ1) is 22.9. The molecule has 0 bridgehead atoms. The lowest BCUT2D eigenvalue weighted by molar-refractivity contribution is -0.137. The molecule has 4 aromatic rings. The van der Waals surface area contributed by atoms with Crippen LogP contribution in [0.5, 0.6) is 0 Å². The minimum Gasteiger partial charge on any atom is -0.457 e. The van der Waals surface area contributed by atoms with E-state index >= 15 is 4.39 Å². The van der Waals surface area contributed by atoms with Crippen LogP contribution in [0.4, 0.5) is 23.2 Å². The van der Waals surface area contributed by atoms with Gasteiger partial charge in [-0.15, -0.1) is 5.10 Å². The van der Waals surface area contributed by atoms with E-state index in [0.29, 0.717) is 0 Å². The Labute approximate surface area is 204 Å². The normalized spacial score (nSPS) is 15.4. The fraction of sp³-hybridized carbons (Fsp3) is 0.0455. The lowest BCUT2D eigenvalue weighted by Gasteiger charge is -2.16. The highest BCUT2D eigenvalue weighted by atomic mass is 32.2. The van der Waals surface area contributed by atoms with Crippen molar-refractivity contribution in [3.63, 3.8) is 0 Å². The molecule has 5 rings (SSSR count). The molecule has 7 nitrogen and oxygen atoms in total. The molecule has 0 atom stereocenters. The van der Waals surface area contributed by atoms with E-state index in [9.17, 15) is 18.0 Å². The molecule has 1 fully saturated rings. The summed E-state index contributed by atoms with van der Waals surface area (Å²) in [7, 11) is 0. The van der Waals surface area contributed by atoms with E-state index in [2.05, 4.69) is 15.5 Å². The Kier molecular flexibility index (Phi) is 5.73. The van der Waals surface area contributed by atoms with Crippen molar-refractivity contribution in [1.82, 2.24) is 20.2 Å². The number of anilines is 1. The van der Waals surface area contributed by atoms with Crippen LogP contribution in [0.1, 0.15) is 11.3 Å². The lowest BCUT2D eigenvalue weighted by Crippen LogP contribution is -2.27. The number of aromatic nitrogens is 4. The number of rotatable bonds is 4. The van der Waals surface area contributed by atoms with Gasteiger partial charge in [0.25, 0.3) is 5.91 Å². The van der Waals surface area contributed by atoms with Gasteiger partial charge in [-0.1, -0.05) is 36.1 Å². The molecule has 2 aromatic heterocycles. The van der Waals surface area contributed by atoms with Gasteiger partial charge >= 0.3 is 6.18 Å². The summed E-state index contributed by atoms with van der Waals surface area (Å²) in [4.78, 5) is 14.1. The van der Waals surface area contributed by atoms with Gasteiger partial charge in [-0.2, -0.15) is 17.9 Å². The highest BCUT2D eigenvalue weighted by molar-refractivity contribution is 8.27.